The number of carbonyl (C=O) groups excluding carboxylic acids is 1. The van der Waals surface area contributed by atoms with Crippen LogP contribution in [0.5, 0.6) is 5.75 Å². The fraction of sp³-hybridized carbons (Fsp3) is 0.188. The highest BCUT2D eigenvalue weighted by molar-refractivity contribution is 5.96. The van der Waals surface area contributed by atoms with Gasteiger partial charge >= 0.3 is 0 Å². The lowest BCUT2D eigenvalue weighted by Gasteiger charge is -2.16. The van der Waals surface area contributed by atoms with Crippen LogP contribution in [-0.2, 0) is 4.79 Å². The zero-order valence-electron chi connectivity index (χ0n) is 11.9. The summed E-state index contributed by atoms with van der Waals surface area (Å²) < 4.78 is 18.7. The average molecular weight is 288 g/mol. The third-order valence-corrected chi connectivity index (χ3v) is 3.03. The lowest BCUT2D eigenvalue weighted by Crippen LogP contribution is -2.30. The maximum absolute atomic E-state index is 13.2. The summed E-state index contributed by atoms with van der Waals surface area (Å²) in [6, 6.07) is 11.3. The Morgan fingerprint density at radius 1 is 1.29 bits per heavy atom. The molecule has 0 radical (unpaired) electrons. The van der Waals surface area contributed by atoms with Crippen molar-refractivity contribution in [3.8, 4) is 5.75 Å². The molecule has 0 aliphatic carbocycles. The van der Waals surface area contributed by atoms with Gasteiger partial charge in [0.1, 0.15) is 11.6 Å². The van der Waals surface area contributed by atoms with E-state index in [1.54, 1.807) is 44.2 Å². The predicted octanol–water partition coefficient (Wildman–Crippen LogP) is 3.12. The number of nitrogens with one attached hydrogen (secondary N) is 1. The van der Waals surface area contributed by atoms with Gasteiger partial charge in [0, 0.05) is 0 Å². The number of halogens is 1. The first-order chi connectivity index (χ1) is 9.97. The Balaban J connectivity index is 2.02. The van der Waals surface area contributed by atoms with Gasteiger partial charge in [0.05, 0.1) is 11.4 Å². The summed E-state index contributed by atoms with van der Waals surface area (Å²) in [5, 5.41) is 2.69. The van der Waals surface area contributed by atoms with Gasteiger partial charge in [-0.1, -0.05) is 12.1 Å². The third-order valence-electron chi connectivity index (χ3n) is 3.03. The number of ether oxygens (including phenoxy) is 1. The van der Waals surface area contributed by atoms with Gasteiger partial charge in [-0.05, 0) is 49.7 Å². The van der Waals surface area contributed by atoms with Crippen LogP contribution in [0.25, 0.3) is 0 Å². The smallest absolute Gasteiger partial charge is 0.265 e. The number of hydrogen-bond donors (Lipinski definition) is 2. The molecule has 0 aromatic heterocycles. The highest BCUT2D eigenvalue weighted by Gasteiger charge is 2.16. The number of nitrogen functional groups attached to an aromatic ring is 1. The molecule has 1 unspecified atom stereocenters. The Morgan fingerprint density at radius 3 is 2.67 bits per heavy atom. The summed E-state index contributed by atoms with van der Waals surface area (Å²) >= 11 is 0. The Kier molecular flexibility index (Phi) is 4.42. The standard InChI is InChI=1S/C16H17FN2O2/c1-10-9-12(7-8-13(10)17)21-11(2)16(20)19-15-6-4-3-5-14(15)18/h3-9,11H,18H2,1-2H3,(H,19,20). The second-order valence-corrected chi connectivity index (χ2v) is 4.75. The van der Waals surface area contributed by atoms with Crippen molar-refractivity contribution in [2.45, 2.75) is 20.0 Å². The van der Waals surface area contributed by atoms with Crippen LogP contribution in [0.2, 0.25) is 0 Å². The molecule has 1 atom stereocenters. The van der Waals surface area contributed by atoms with E-state index in [2.05, 4.69) is 5.32 Å². The summed E-state index contributed by atoms with van der Waals surface area (Å²) in [5.41, 5.74) is 7.24. The van der Waals surface area contributed by atoms with Gasteiger partial charge in [-0.15, -0.1) is 0 Å². The Morgan fingerprint density at radius 2 is 2.00 bits per heavy atom. The molecular formula is C16H17FN2O2. The Labute approximate surface area is 122 Å². The lowest BCUT2D eigenvalue weighted by molar-refractivity contribution is -0.122. The first-order valence-electron chi connectivity index (χ1n) is 6.55. The first kappa shape index (κ1) is 14.8. The van der Waals surface area contributed by atoms with Crippen LogP contribution in [0.3, 0.4) is 0 Å². The van der Waals surface area contributed by atoms with Gasteiger partial charge < -0.3 is 15.8 Å². The normalized spacial score (nSPS) is 11.8. The van der Waals surface area contributed by atoms with Gasteiger partial charge in [0.2, 0.25) is 0 Å². The van der Waals surface area contributed by atoms with E-state index in [9.17, 15) is 9.18 Å². The Hall–Kier alpha value is -2.56. The molecule has 0 fully saturated rings. The molecule has 0 saturated heterocycles. The van der Waals surface area contributed by atoms with Crippen molar-refractivity contribution in [2.24, 2.45) is 0 Å². The molecule has 0 saturated carbocycles. The lowest BCUT2D eigenvalue weighted by atomic mass is 10.2. The summed E-state index contributed by atoms with van der Waals surface area (Å²) in [5.74, 6) is -0.191. The number of nitrogens with two attached hydrogens (primary N) is 1. The summed E-state index contributed by atoms with van der Waals surface area (Å²) in [4.78, 5) is 12.1. The number of hydrogen-bond acceptors (Lipinski definition) is 3. The fourth-order valence-electron chi connectivity index (χ4n) is 1.79. The van der Waals surface area contributed by atoms with E-state index in [1.165, 1.54) is 12.1 Å². The Bertz CT molecular complexity index is 658. The molecule has 5 heteroatoms. The molecule has 3 N–H and O–H groups in total. The predicted molar refractivity (Wildman–Crippen MR) is 80.7 cm³/mol. The molecular weight excluding hydrogens is 271 g/mol. The van der Waals surface area contributed by atoms with E-state index in [1.807, 2.05) is 0 Å². The summed E-state index contributed by atoms with van der Waals surface area (Å²) in [6.45, 7) is 3.25. The molecule has 4 nitrogen and oxygen atoms in total. The van der Waals surface area contributed by atoms with Crippen LogP contribution in [0.1, 0.15) is 12.5 Å². The number of para-hydroxylation sites is 2. The van der Waals surface area contributed by atoms with Crippen molar-refractivity contribution in [2.75, 3.05) is 11.1 Å². The number of benzene rings is 2. The van der Waals surface area contributed by atoms with Crippen LogP contribution < -0.4 is 15.8 Å². The van der Waals surface area contributed by atoms with Crippen molar-refractivity contribution in [1.29, 1.82) is 0 Å². The summed E-state index contributed by atoms with van der Waals surface area (Å²) in [7, 11) is 0. The zero-order valence-corrected chi connectivity index (χ0v) is 11.9. The van der Waals surface area contributed by atoms with Crippen molar-refractivity contribution >= 4 is 17.3 Å². The molecule has 0 aliphatic rings. The molecule has 0 bridgehead atoms. The second-order valence-electron chi connectivity index (χ2n) is 4.75. The van der Waals surface area contributed by atoms with Crippen LogP contribution in [0, 0.1) is 12.7 Å². The zero-order chi connectivity index (χ0) is 15.4. The van der Waals surface area contributed by atoms with Gasteiger partial charge in [-0.3, -0.25) is 4.79 Å². The third kappa shape index (κ3) is 3.72. The topological polar surface area (TPSA) is 64.3 Å². The molecule has 2 aromatic rings. The highest BCUT2D eigenvalue weighted by Crippen LogP contribution is 2.19. The maximum atomic E-state index is 13.2. The van der Waals surface area contributed by atoms with E-state index < -0.39 is 6.10 Å². The van der Waals surface area contributed by atoms with Gasteiger partial charge in [0.25, 0.3) is 5.91 Å². The molecule has 110 valence electrons. The quantitative estimate of drug-likeness (QED) is 0.850. The van der Waals surface area contributed by atoms with E-state index >= 15 is 0 Å². The molecule has 0 aliphatic heterocycles. The monoisotopic (exact) mass is 288 g/mol. The highest BCUT2D eigenvalue weighted by atomic mass is 19.1. The van der Waals surface area contributed by atoms with Crippen molar-refractivity contribution in [3.05, 3.63) is 53.8 Å². The first-order valence-corrected chi connectivity index (χ1v) is 6.55. The largest absolute Gasteiger partial charge is 0.481 e. The second kappa shape index (κ2) is 6.26. The van der Waals surface area contributed by atoms with Gasteiger partial charge in [-0.25, -0.2) is 4.39 Å². The number of aryl methyl sites for hydroxylation is 1. The number of carbonyl (C=O) groups is 1. The number of anilines is 2. The fourth-order valence-corrected chi connectivity index (χ4v) is 1.79. The molecule has 2 rings (SSSR count). The minimum Gasteiger partial charge on any atom is -0.481 e. The molecule has 2 aromatic carbocycles. The summed E-state index contributed by atoms with van der Waals surface area (Å²) in [6.07, 6.45) is -0.727. The van der Waals surface area contributed by atoms with Gasteiger partial charge in [-0.2, -0.15) is 0 Å². The molecule has 0 spiro atoms. The molecule has 0 heterocycles. The number of amides is 1. The minimum atomic E-state index is -0.727. The van der Waals surface area contributed by atoms with Crippen LogP contribution in [0.15, 0.2) is 42.5 Å². The van der Waals surface area contributed by atoms with Crippen molar-refractivity contribution in [3.63, 3.8) is 0 Å². The average Bonchev–Trinajstić information content (AvgIpc) is 2.45. The van der Waals surface area contributed by atoms with E-state index in [4.69, 9.17) is 10.5 Å². The van der Waals surface area contributed by atoms with Crippen LogP contribution in [0.4, 0.5) is 15.8 Å². The van der Waals surface area contributed by atoms with Crippen LogP contribution in [-0.4, -0.2) is 12.0 Å². The van der Waals surface area contributed by atoms with Crippen molar-refractivity contribution in [1.82, 2.24) is 0 Å². The molecule has 1 amide bonds. The van der Waals surface area contributed by atoms with E-state index in [0.29, 0.717) is 22.7 Å². The molecule has 21 heavy (non-hydrogen) atoms. The van der Waals surface area contributed by atoms with Gasteiger partial charge in [0.15, 0.2) is 6.10 Å². The van der Waals surface area contributed by atoms with E-state index in [0.717, 1.165) is 0 Å². The minimum absolute atomic E-state index is 0.309. The number of rotatable bonds is 4. The SMILES string of the molecule is Cc1cc(OC(C)C(=O)Nc2ccccc2N)ccc1F. The van der Waals surface area contributed by atoms with Crippen LogP contribution >= 0.6 is 0 Å². The van der Waals surface area contributed by atoms with E-state index in [-0.39, 0.29) is 11.7 Å². The van der Waals surface area contributed by atoms with Crippen molar-refractivity contribution < 1.29 is 13.9 Å². The maximum Gasteiger partial charge on any atom is 0.265 e.